The SMILES string of the molecule is O=C(O)[C@@H]1C[C@H](NCc2cc(Cl)cs2)c2ccccc21. The number of halogens is 1. The third kappa shape index (κ3) is 2.59. The van der Waals surface area contributed by atoms with Gasteiger partial charge in [-0.1, -0.05) is 35.9 Å². The number of aliphatic carboxylic acids is 1. The Bertz CT molecular complexity index is 640. The Labute approximate surface area is 126 Å². The number of rotatable bonds is 4. The Balaban J connectivity index is 1.76. The van der Waals surface area contributed by atoms with Crippen LogP contribution >= 0.6 is 22.9 Å². The average Bonchev–Trinajstić information content (AvgIpc) is 3.00. The van der Waals surface area contributed by atoms with E-state index >= 15 is 0 Å². The van der Waals surface area contributed by atoms with E-state index in [-0.39, 0.29) is 6.04 Å². The molecule has 2 N–H and O–H groups in total. The Morgan fingerprint density at radius 3 is 2.80 bits per heavy atom. The fourth-order valence-corrected chi connectivity index (χ4v) is 3.76. The van der Waals surface area contributed by atoms with Gasteiger partial charge < -0.3 is 10.4 Å². The summed E-state index contributed by atoms with van der Waals surface area (Å²) in [5.41, 5.74) is 2.03. The van der Waals surface area contributed by atoms with Crippen molar-refractivity contribution in [2.75, 3.05) is 0 Å². The van der Waals surface area contributed by atoms with Gasteiger partial charge in [0.05, 0.1) is 10.9 Å². The molecule has 1 aromatic heterocycles. The van der Waals surface area contributed by atoms with E-state index in [9.17, 15) is 9.90 Å². The first kappa shape index (κ1) is 13.6. The number of nitrogens with one attached hydrogen (secondary N) is 1. The van der Waals surface area contributed by atoms with Crippen LogP contribution in [-0.2, 0) is 11.3 Å². The topological polar surface area (TPSA) is 49.3 Å². The zero-order valence-electron chi connectivity index (χ0n) is 10.7. The fourth-order valence-electron chi connectivity index (χ4n) is 2.73. The minimum absolute atomic E-state index is 0.0909. The molecular formula is C15H14ClNO2S. The van der Waals surface area contributed by atoms with Crippen molar-refractivity contribution in [2.45, 2.75) is 24.9 Å². The minimum Gasteiger partial charge on any atom is -0.481 e. The lowest BCUT2D eigenvalue weighted by Crippen LogP contribution is -2.19. The molecule has 1 aliphatic carbocycles. The predicted octanol–water partition coefficient (Wildman–Crippen LogP) is 3.80. The van der Waals surface area contributed by atoms with E-state index < -0.39 is 11.9 Å². The first-order valence-electron chi connectivity index (χ1n) is 6.43. The normalized spacial score (nSPS) is 20.9. The van der Waals surface area contributed by atoms with Gasteiger partial charge in [0.25, 0.3) is 0 Å². The van der Waals surface area contributed by atoms with Crippen LogP contribution in [0.5, 0.6) is 0 Å². The summed E-state index contributed by atoms with van der Waals surface area (Å²) in [7, 11) is 0. The van der Waals surface area contributed by atoms with Crippen LogP contribution in [0.3, 0.4) is 0 Å². The van der Waals surface area contributed by atoms with Gasteiger partial charge in [-0.15, -0.1) is 11.3 Å². The molecule has 0 unspecified atom stereocenters. The van der Waals surface area contributed by atoms with Gasteiger partial charge in [-0.05, 0) is 23.6 Å². The van der Waals surface area contributed by atoms with E-state index in [1.807, 2.05) is 35.7 Å². The zero-order valence-corrected chi connectivity index (χ0v) is 12.2. The van der Waals surface area contributed by atoms with Crippen LogP contribution in [0.25, 0.3) is 0 Å². The summed E-state index contributed by atoms with van der Waals surface area (Å²) >= 11 is 7.52. The van der Waals surface area contributed by atoms with Crippen molar-refractivity contribution in [1.29, 1.82) is 0 Å². The lowest BCUT2D eigenvalue weighted by molar-refractivity contribution is -0.138. The van der Waals surface area contributed by atoms with Crippen molar-refractivity contribution in [2.24, 2.45) is 0 Å². The Morgan fingerprint density at radius 1 is 1.40 bits per heavy atom. The molecule has 20 heavy (non-hydrogen) atoms. The molecule has 0 bridgehead atoms. The van der Waals surface area contributed by atoms with Gasteiger partial charge in [-0.3, -0.25) is 4.79 Å². The molecule has 0 amide bonds. The lowest BCUT2D eigenvalue weighted by atomic mass is 10.0. The number of benzene rings is 1. The second-order valence-corrected chi connectivity index (χ2v) is 6.35. The van der Waals surface area contributed by atoms with Crippen molar-refractivity contribution in [3.63, 3.8) is 0 Å². The standard InChI is InChI=1S/C15H14ClNO2S/c16-9-5-10(20-8-9)7-17-14-6-13(15(18)19)11-3-1-2-4-12(11)14/h1-5,8,13-14,17H,6-7H2,(H,18,19)/t13-,14+/m1/s1. The van der Waals surface area contributed by atoms with Crippen LogP contribution in [0.2, 0.25) is 5.02 Å². The highest BCUT2D eigenvalue weighted by atomic mass is 35.5. The summed E-state index contributed by atoms with van der Waals surface area (Å²) in [6.45, 7) is 0.711. The highest BCUT2D eigenvalue weighted by molar-refractivity contribution is 7.10. The fraction of sp³-hybridized carbons (Fsp3) is 0.267. The van der Waals surface area contributed by atoms with Crippen LogP contribution in [0.15, 0.2) is 35.7 Å². The van der Waals surface area contributed by atoms with Gasteiger partial charge >= 0.3 is 5.97 Å². The number of carboxylic acids is 1. The van der Waals surface area contributed by atoms with Crippen LogP contribution < -0.4 is 5.32 Å². The summed E-state index contributed by atoms with van der Waals surface area (Å²) in [4.78, 5) is 12.5. The highest BCUT2D eigenvalue weighted by Crippen LogP contribution is 2.40. The molecule has 3 nitrogen and oxygen atoms in total. The molecular weight excluding hydrogens is 294 g/mol. The number of fused-ring (bicyclic) bond motifs is 1. The summed E-state index contributed by atoms with van der Waals surface area (Å²) in [5, 5.41) is 15.4. The molecule has 1 aromatic carbocycles. The van der Waals surface area contributed by atoms with E-state index in [0.29, 0.717) is 13.0 Å². The molecule has 104 valence electrons. The van der Waals surface area contributed by atoms with Crippen LogP contribution in [0.1, 0.15) is 34.4 Å². The van der Waals surface area contributed by atoms with Gasteiger partial charge in [0.2, 0.25) is 0 Å². The summed E-state index contributed by atoms with van der Waals surface area (Å²) in [6, 6.07) is 9.81. The maximum absolute atomic E-state index is 11.3. The van der Waals surface area contributed by atoms with Crippen molar-refractivity contribution >= 4 is 28.9 Å². The average molecular weight is 308 g/mol. The molecule has 0 radical (unpaired) electrons. The zero-order chi connectivity index (χ0) is 14.1. The van der Waals surface area contributed by atoms with E-state index in [1.54, 1.807) is 11.3 Å². The van der Waals surface area contributed by atoms with Crippen LogP contribution in [0.4, 0.5) is 0 Å². The molecule has 2 aromatic rings. The van der Waals surface area contributed by atoms with Crippen molar-refractivity contribution in [3.05, 3.63) is 56.7 Å². The van der Waals surface area contributed by atoms with Gasteiger partial charge in [-0.25, -0.2) is 0 Å². The van der Waals surface area contributed by atoms with Crippen LogP contribution in [0, 0.1) is 0 Å². The predicted molar refractivity (Wildman–Crippen MR) is 80.3 cm³/mol. The summed E-state index contributed by atoms with van der Waals surface area (Å²) in [5.74, 6) is -1.16. The third-order valence-corrected chi connectivity index (χ3v) is 4.95. The number of hydrogen-bond acceptors (Lipinski definition) is 3. The van der Waals surface area contributed by atoms with E-state index in [0.717, 1.165) is 21.0 Å². The monoisotopic (exact) mass is 307 g/mol. The van der Waals surface area contributed by atoms with Gasteiger partial charge in [0.1, 0.15) is 0 Å². The second-order valence-electron chi connectivity index (χ2n) is 4.92. The van der Waals surface area contributed by atoms with Gasteiger partial charge in [0.15, 0.2) is 0 Å². The quantitative estimate of drug-likeness (QED) is 0.903. The minimum atomic E-state index is -0.749. The second kappa shape index (κ2) is 5.56. The summed E-state index contributed by atoms with van der Waals surface area (Å²) in [6.07, 6.45) is 0.605. The lowest BCUT2D eigenvalue weighted by Gasteiger charge is -2.13. The van der Waals surface area contributed by atoms with Gasteiger partial charge in [-0.2, -0.15) is 0 Å². The molecule has 0 saturated carbocycles. The molecule has 0 aliphatic heterocycles. The number of carbonyl (C=O) groups is 1. The molecule has 2 atom stereocenters. The maximum Gasteiger partial charge on any atom is 0.311 e. The van der Waals surface area contributed by atoms with E-state index in [1.165, 1.54) is 0 Å². The molecule has 0 fully saturated rings. The first-order chi connectivity index (χ1) is 9.65. The smallest absolute Gasteiger partial charge is 0.311 e. The van der Waals surface area contributed by atoms with Crippen molar-refractivity contribution in [1.82, 2.24) is 5.32 Å². The number of hydrogen-bond donors (Lipinski definition) is 2. The van der Waals surface area contributed by atoms with E-state index in [2.05, 4.69) is 5.32 Å². The Morgan fingerprint density at radius 2 is 2.15 bits per heavy atom. The molecule has 3 rings (SSSR count). The Hall–Kier alpha value is -1.36. The van der Waals surface area contributed by atoms with E-state index in [4.69, 9.17) is 11.6 Å². The van der Waals surface area contributed by atoms with Crippen LogP contribution in [-0.4, -0.2) is 11.1 Å². The van der Waals surface area contributed by atoms with Crippen molar-refractivity contribution < 1.29 is 9.90 Å². The highest BCUT2D eigenvalue weighted by Gasteiger charge is 2.34. The molecule has 1 heterocycles. The van der Waals surface area contributed by atoms with Crippen molar-refractivity contribution in [3.8, 4) is 0 Å². The summed E-state index contributed by atoms with van der Waals surface area (Å²) < 4.78 is 0. The molecule has 0 saturated heterocycles. The molecule has 0 spiro atoms. The maximum atomic E-state index is 11.3. The Kier molecular flexibility index (Phi) is 3.78. The number of carboxylic acid groups (broad SMARTS) is 1. The largest absolute Gasteiger partial charge is 0.481 e. The van der Waals surface area contributed by atoms with Gasteiger partial charge in [0, 0.05) is 22.8 Å². The molecule has 5 heteroatoms. The number of thiophene rings is 1. The third-order valence-electron chi connectivity index (χ3n) is 3.66. The molecule has 1 aliphatic rings. The first-order valence-corrected chi connectivity index (χ1v) is 7.69.